The first-order valence-electron chi connectivity index (χ1n) is 5.17. The van der Waals surface area contributed by atoms with E-state index in [-0.39, 0.29) is 12.2 Å². The average Bonchev–Trinajstić information content (AvgIpc) is 2.26. The summed E-state index contributed by atoms with van der Waals surface area (Å²) >= 11 is 0. The average molecular weight is 233 g/mol. The molecule has 0 aromatic heterocycles. The molecule has 2 N–H and O–H groups in total. The van der Waals surface area contributed by atoms with E-state index < -0.39 is 12.3 Å². The van der Waals surface area contributed by atoms with E-state index in [9.17, 15) is 4.79 Å². The predicted molar refractivity (Wildman–Crippen MR) is 57.0 cm³/mol. The van der Waals surface area contributed by atoms with Crippen LogP contribution in [-0.4, -0.2) is 32.1 Å². The van der Waals surface area contributed by atoms with Gasteiger partial charge in [0.2, 0.25) is 0 Å². The summed E-state index contributed by atoms with van der Waals surface area (Å²) in [5.41, 5.74) is 0.105. The molecule has 0 aliphatic rings. The third kappa shape index (κ3) is 5.11. The van der Waals surface area contributed by atoms with Crippen LogP contribution in [-0.2, 0) is 23.8 Å². The molecule has 0 bridgehead atoms. The van der Waals surface area contributed by atoms with Crippen LogP contribution in [0.25, 0.3) is 0 Å². The molecule has 0 aromatic rings. The molecular weight excluding hydrogens is 214 g/mol. The Balaban J connectivity index is 4.69. The highest BCUT2D eigenvalue weighted by molar-refractivity contribution is 5.88. The van der Waals surface area contributed by atoms with Crippen molar-refractivity contribution in [2.45, 2.75) is 27.1 Å². The van der Waals surface area contributed by atoms with E-state index in [0.29, 0.717) is 13.2 Å². The number of carbonyl (C=O) groups is 1. The van der Waals surface area contributed by atoms with Crippen LogP contribution in [0.1, 0.15) is 20.8 Å². The first-order valence-corrected chi connectivity index (χ1v) is 5.17. The maximum absolute atomic E-state index is 11.5. The van der Waals surface area contributed by atoms with Crippen molar-refractivity contribution in [1.29, 1.82) is 0 Å². The molecule has 6 heteroatoms. The molecule has 0 aliphatic carbocycles. The van der Waals surface area contributed by atoms with Crippen molar-refractivity contribution in [3.8, 4) is 0 Å². The number of rotatable bonds is 8. The molecule has 0 atom stereocenters. The molecule has 0 saturated heterocycles. The summed E-state index contributed by atoms with van der Waals surface area (Å²) in [6.45, 7) is 6.33. The van der Waals surface area contributed by atoms with E-state index >= 15 is 0 Å². The van der Waals surface area contributed by atoms with Crippen molar-refractivity contribution < 1.29 is 23.8 Å². The lowest BCUT2D eigenvalue weighted by Crippen LogP contribution is -2.27. The second kappa shape index (κ2) is 9.14. The van der Waals surface area contributed by atoms with Crippen LogP contribution in [0.15, 0.2) is 11.8 Å². The molecule has 0 amide bonds. The lowest BCUT2D eigenvalue weighted by Gasteiger charge is -2.18. The minimum Gasteiger partial charge on any atom is -0.462 e. The number of hydrogen-bond acceptors (Lipinski definition) is 6. The van der Waals surface area contributed by atoms with Crippen LogP contribution < -0.4 is 5.90 Å². The van der Waals surface area contributed by atoms with Gasteiger partial charge in [-0.15, -0.1) is 0 Å². The van der Waals surface area contributed by atoms with Crippen molar-refractivity contribution in [2.24, 2.45) is 5.90 Å². The van der Waals surface area contributed by atoms with Crippen LogP contribution >= 0.6 is 0 Å². The Hall–Kier alpha value is -1.11. The molecule has 94 valence electrons. The van der Waals surface area contributed by atoms with Gasteiger partial charge in [0.1, 0.15) is 11.8 Å². The van der Waals surface area contributed by atoms with Crippen molar-refractivity contribution in [3.05, 3.63) is 11.8 Å². The molecule has 0 radical (unpaired) electrons. The summed E-state index contributed by atoms with van der Waals surface area (Å²) in [4.78, 5) is 15.9. The topological polar surface area (TPSA) is 80.0 Å². The van der Waals surface area contributed by atoms with E-state index in [2.05, 4.69) is 4.84 Å². The quantitative estimate of drug-likeness (QED) is 0.219. The van der Waals surface area contributed by atoms with Gasteiger partial charge in [0, 0.05) is 13.2 Å². The third-order valence-corrected chi connectivity index (χ3v) is 1.60. The van der Waals surface area contributed by atoms with Crippen molar-refractivity contribution in [3.63, 3.8) is 0 Å². The highest BCUT2D eigenvalue weighted by Crippen LogP contribution is 2.11. The molecule has 0 aliphatic heterocycles. The SMILES string of the molecule is CCOC(=O)/C(=C/ON)C(OCC)OCC. The molecule has 0 spiro atoms. The van der Waals surface area contributed by atoms with E-state index in [1.165, 1.54) is 0 Å². The monoisotopic (exact) mass is 233 g/mol. The largest absolute Gasteiger partial charge is 0.462 e. The molecule has 6 nitrogen and oxygen atoms in total. The van der Waals surface area contributed by atoms with Crippen molar-refractivity contribution in [1.82, 2.24) is 0 Å². The van der Waals surface area contributed by atoms with Gasteiger partial charge in [-0.2, -0.15) is 5.90 Å². The molecule has 0 aromatic carbocycles. The van der Waals surface area contributed by atoms with Gasteiger partial charge < -0.3 is 19.0 Å². The molecular formula is C10H19NO5. The zero-order chi connectivity index (χ0) is 12.4. The van der Waals surface area contributed by atoms with Gasteiger partial charge in [0.05, 0.1) is 6.61 Å². The first kappa shape index (κ1) is 14.9. The Morgan fingerprint density at radius 2 is 1.75 bits per heavy atom. The molecule has 0 unspecified atom stereocenters. The summed E-state index contributed by atoms with van der Waals surface area (Å²) in [5, 5.41) is 0. The third-order valence-electron chi connectivity index (χ3n) is 1.60. The highest BCUT2D eigenvalue weighted by atomic mass is 16.7. The Bertz CT molecular complexity index is 223. The second-order valence-electron chi connectivity index (χ2n) is 2.67. The van der Waals surface area contributed by atoms with E-state index in [0.717, 1.165) is 6.26 Å². The zero-order valence-electron chi connectivity index (χ0n) is 9.89. The standard InChI is InChI=1S/C10H19NO5/c1-4-13-9(12)8(7-16-11)10(14-5-2)15-6-3/h7,10H,4-6,11H2,1-3H3/b8-7-. The number of nitrogens with two attached hydrogens (primary N) is 1. The Morgan fingerprint density at radius 1 is 1.19 bits per heavy atom. The number of ether oxygens (including phenoxy) is 3. The summed E-state index contributed by atoms with van der Waals surface area (Å²) in [7, 11) is 0. The fourth-order valence-electron chi connectivity index (χ4n) is 1.02. The van der Waals surface area contributed by atoms with Crippen LogP contribution in [0.2, 0.25) is 0 Å². The lowest BCUT2D eigenvalue weighted by molar-refractivity contribution is -0.151. The highest BCUT2D eigenvalue weighted by Gasteiger charge is 2.23. The summed E-state index contributed by atoms with van der Waals surface area (Å²) in [6.07, 6.45) is 0.242. The smallest absolute Gasteiger partial charge is 0.342 e. The van der Waals surface area contributed by atoms with Crippen LogP contribution in [0.3, 0.4) is 0 Å². The van der Waals surface area contributed by atoms with Gasteiger partial charge in [-0.05, 0) is 20.8 Å². The lowest BCUT2D eigenvalue weighted by atomic mass is 10.3. The summed E-state index contributed by atoms with van der Waals surface area (Å²) in [6, 6.07) is 0. The maximum Gasteiger partial charge on any atom is 0.342 e. The van der Waals surface area contributed by atoms with Gasteiger partial charge in [-0.3, -0.25) is 0 Å². The summed E-state index contributed by atoms with van der Waals surface area (Å²) in [5.74, 6) is 4.33. The zero-order valence-corrected chi connectivity index (χ0v) is 9.89. The Morgan fingerprint density at radius 3 is 2.12 bits per heavy atom. The number of hydrogen-bond donors (Lipinski definition) is 1. The second-order valence-corrected chi connectivity index (χ2v) is 2.67. The molecule has 0 rings (SSSR count). The van der Waals surface area contributed by atoms with E-state index in [1.807, 2.05) is 0 Å². The minimum absolute atomic E-state index is 0.105. The molecule has 0 fully saturated rings. The molecule has 0 heterocycles. The molecule has 16 heavy (non-hydrogen) atoms. The van der Waals surface area contributed by atoms with Gasteiger partial charge in [0.15, 0.2) is 6.29 Å². The number of carbonyl (C=O) groups excluding carboxylic acids is 1. The van der Waals surface area contributed by atoms with Gasteiger partial charge in [-0.1, -0.05) is 0 Å². The van der Waals surface area contributed by atoms with Crippen molar-refractivity contribution >= 4 is 5.97 Å². The van der Waals surface area contributed by atoms with E-state index in [4.69, 9.17) is 20.1 Å². The fourth-order valence-corrected chi connectivity index (χ4v) is 1.02. The van der Waals surface area contributed by atoms with Crippen LogP contribution in [0.4, 0.5) is 0 Å². The normalized spacial score (nSPS) is 11.7. The minimum atomic E-state index is -0.822. The maximum atomic E-state index is 11.5. The van der Waals surface area contributed by atoms with Crippen LogP contribution in [0, 0.1) is 0 Å². The van der Waals surface area contributed by atoms with Gasteiger partial charge >= 0.3 is 5.97 Å². The van der Waals surface area contributed by atoms with Gasteiger partial charge in [0.25, 0.3) is 0 Å². The fraction of sp³-hybridized carbons (Fsp3) is 0.700. The Kier molecular flexibility index (Phi) is 8.51. The van der Waals surface area contributed by atoms with Crippen LogP contribution in [0.5, 0.6) is 0 Å². The molecule has 0 saturated carbocycles. The Labute approximate surface area is 95.2 Å². The first-order chi connectivity index (χ1) is 7.71. The predicted octanol–water partition coefficient (Wildman–Crippen LogP) is 0.723. The summed E-state index contributed by atoms with van der Waals surface area (Å²) < 4.78 is 15.3. The number of esters is 1. The van der Waals surface area contributed by atoms with Crippen molar-refractivity contribution in [2.75, 3.05) is 19.8 Å². The van der Waals surface area contributed by atoms with E-state index in [1.54, 1.807) is 20.8 Å². The van der Waals surface area contributed by atoms with Gasteiger partial charge in [-0.25, -0.2) is 4.79 Å².